The SMILES string of the molecule is OC1CCOC1COC(c1ccccc1)(c1ccccc1)c1ccccc1. The fourth-order valence-electron chi connectivity index (χ4n) is 3.77. The molecule has 1 aliphatic rings. The highest BCUT2D eigenvalue weighted by Gasteiger charge is 2.39. The molecule has 0 saturated carbocycles. The Bertz CT molecular complexity index is 737. The maximum Gasteiger partial charge on any atom is 0.143 e. The molecule has 1 fully saturated rings. The maximum atomic E-state index is 10.2. The van der Waals surface area contributed by atoms with Gasteiger partial charge in [-0.25, -0.2) is 0 Å². The molecular formula is C24H24O3. The van der Waals surface area contributed by atoms with Crippen molar-refractivity contribution in [1.82, 2.24) is 0 Å². The second-order valence-corrected chi connectivity index (χ2v) is 6.86. The van der Waals surface area contributed by atoms with Crippen molar-refractivity contribution in [3.63, 3.8) is 0 Å². The first-order valence-corrected chi connectivity index (χ1v) is 9.41. The summed E-state index contributed by atoms with van der Waals surface area (Å²) in [7, 11) is 0. The molecule has 27 heavy (non-hydrogen) atoms. The molecule has 3 aromatic carbocycles. The summed E-state index contributed by atoms with van der Waals surface area (Å²) in [6.07, 6.45) is -0.131. The molecule has 3 aromatic rings. The van der Waals surface area contributed by atoms with Crippen molar-refractivity contribution in [2.45, 2.75) is 24.2 Å². The van der Waals surface area contributed by atoms with Gasteiger partial charge >= 0.3 is 0 Å². The highest BCUT2D eigenvalue weighted by molar-refractivity contribution is 5.47. The van der Waals surface area contributed by atoms with Crippen molar-refractivity contribution in [3.05, 3.63) is 108 Å². The molecule has 3 nitrogen and oxygen atoms in total. The van der Waals surface area contributed by atoms with Gasteiger partial charge in [0.15, 0.2) is 0 Å². The zero-order chi connectivity index (χ0) is 18.5. The Balaban J connectivity index is 1.84. The van der Waals surface area contributed by atoms with E-state index in [9.17, 15) is 5.11 Å². The molecule has 0 aliphatic carbocycles. The average molecular weight is 360 g/mol. The zero-order valence-electron chi connectivity index (χ0n) is 15.2. The highest BCUT2D eigenvalue weighted by Crippen LogP contribution is 2.40. The van der Waals surface area contributed by atoms with Gasteiger partial charge in [0.2, 0.25) is 0 Å². The molecule has 3 heteroatoms. The lowest BCUT2D eigenvalue weighted by molar-refractivity contribution is -0.0697. The molecule has 138 valence electrons. The third-order valence-corrected chi connectivity index (χ3v) is 5.18. The van der Waals surface area contributed by atoms with Crippen molar-refractivity contribution in [2.24, 2.45) is 0 Å². The number of hydrogen-bond donors (Lipinski definition) is 1. The molecule has 0 spiro atoms. The third kappa shape index (κ3) is 3.54. The number of benzene rings is 3. The number of aliphatic hydroxyl groups is 1. The van der Waals surface area contributed by atoms with E-state index >= 15 is 0 Å². The molecule has 1 N–H and O–H groups in total. The molecule has 0 amide bonds. The van der Waals surface area contributed by atoms with Crippen LogP contribution in [0.15, 0.2) is 91.0 Å². The van der Waals surface area contributed by atoms with Crippen LogP contribution >= 0.6 is 0 Å². The molecule has 4 rings (SSSR count). The van der Waals surface area contributed by atoms with Crippen molar-refractivity contribution < 1.29 is 14.6 Å². The quantitative estimate of drug-likeness (QED) is 0.671. The molecule has 1 aliphatic heterocycles. The largest absolute Gasteiger partial charge is 0.390 e. The van der Waals surface area contributed by atoms with Crippen LogP contribution in [0.5, 0.6) is 0 Å². The third-order valence-electron chi connectivity index (χ3n) is 5.18. The first kappa shape index (κ1) is 17.9. The van der Waals surface area contributed by atoms with Gasteiger partial charge in [-0.3, -0.25) is 0 Å². The summed E-state index contributed by atoms with van der Waals surface area (Å²) in [4.78, 5) is 0. The second kappa shape index (κ2) is 8.05. The van der Waals surface area contributed by atoms with E-state index in [1.165, 1.54) is 0 Å². The predicted octanol–water partition coefficient (Wildman–Crippen LogP) is 4.14. The van der Waals surface area contributed by atoms with Gasteiger partial charge in [-0.15, -0.1) is 0 Å². The Labute approximate surface area is 160 Å². The molecule has 0 bridgehead atoms. The van der Waals surface area contributed by atoms with Gasteiger partial charge in [-0.1, -0.05) is 91.0 Å². The Kier molecular flexibility index (Phi) is 5.35. The summed E-state index contributed by atoms with van der Waals surface area (Å²) in [5.41, 5.74) is 2.38. The minimum atomic E-state index is -0.768. The van der Waals surface area contributed by atoms with Gasteiger partial charge in [0.25, 0.3) is 0 Å². The van der Waals surface area contributed by atoms with Crippen LogP contribution in [0.1, 0.15) is 23.1 Å². The second-order valence-electron chi connectivity index (χ2n) is 6.86. The minimum Gasteiger partial charge on any atom is -0.390 e. The molecule has 0 aromatic heterocycles. The van der Waals surface area contributed by atoms with Crippen LogP contribution in [0.25, 0.3) is 0 Å². The lowest BCUT2D eigenvalue weighted by Gasteiger charge is -2.37. The molecule has 2 unspecified atom stereocenters. The van der Waals surface area contributed by atoms with Crippen molar-refractivity contribution in [2.75, 3.05) is 13.2 Å². The van der Waals surface area contributed by atoms with Gasteiger partial charge in [0, 0.05) is 6.61 Å². The van der Waals surface area contributed by atoms with E-state index < -0.39 is 11.7 Å². The van der Waals surface area contributed by atoms with Crippen molar-refractivity contribution >= 4 is 0 Å². The smallest absolute Gasteiger partial charge is 0.143 e. The number of ether oxygens (including phenoxy) is 2. The zero-order valence-corrected chi connectivity index (χ0v) is 15.2. The summed E-state index contributed by atoms with van der Waals surface area (Å²) >= 11 is 0. The molecule has 1 saturated heterocycles. The molecule has 1 heterocycles. The van der Waals surface area contributed by atoms with Crippen LogP contribution in [0.3, 0.4) is 0 Å². The fraction of sp³-hybridized carbons (Fsp3) is 0.250. The first-order chi connectivity index (χ1) is 13.3. The van der Waals surface area contributed by atoms with Gasteiger partial charge < -0.3 is 14.6 Å². The van der Waals surface area contributed by atoms with Crippen LogP contribution in [-0.2, 0) is 15.1 Å². The standard InChI is InChI=1S/C24H24O3/c25-22-16-17-26-23(22)18-27-24(19-10-4-1-5-11-19,20-12-6-2-7-13-20)21-14-8-3-9-15-21/h1-15,22-23,25H,16-18H2. The van der Waals surface area contributed by atoms with E-state index in [0.29, 0.717) is 19.6 Å². The van der Waals surface area contributed by atoms with E-state index in [1.54, 1.807) is 0 Å². The molecular weight excluding hydrogens is 336 g/mol. The lowest BCUT2D eigenvalue weighted by atomic mass is 9.80. The van der Waals surface area contributed by atoms with E-state index in [2.05, 4.69) is 36.4 Å². The number of rotatable bonds is 6. The van der Waals surface area contributed by atoms with Crippen LogP contribution in [0.4, 0.5) is 0 Å². The van der Waals surface area contributed by atoms with Crippen LogP contribution in [0.2, 0.25) is 0 Å². The van der Waals surface area contributed by atoms with Gasteiger partial charge in [-0.05, 0) is 23.1 Å². The predicted molar refractivity (Wildman–Crippen MR) is 106 cm³/mol. The molecule has 2 atom stereocenters. The van der Waals surface area contributed by atoms with Crippen LogP contribution < -0.4 is 0 Å². The van der Waals surface area contributed by atoms with E-state index in [0.717, 1.165) is 16.7 Å². The monoisotopic (exact) mass is 360 g/mol. The van der Waals surface area contributed by atoms with E-state index in [1.807, 2.05) is 54.6 Å². The fourth-order valence-corrected chi connectivity index (χ4v) is 3.77. The average Bonchev–Trinajstić information content (AvgIpc) is 3.16. The summed E-state index contributed by atoms with van der Waals surface area (Å²) in [6.45, 7) is 0.893. The van der Waals surface area contributed by atoms with E-state index in [-0.39, 0.29) is 6.10 Å². The lowest BCUT2D eigenvalue weighted by Crippen LogP contribution is -2.37. The van der Waals surface area contributed by atoms with Gasteiger partial charge in [0.05, 0.1) is 12.7 Å². The maximum absolute atomic E-state index is 10.2. The Morgan fingerprint density at radius 1 is 0.778 bits per heavy atom. The summed E-state index contributed by atoms with van der Waals surface area (Å²) in [5.74, 6) is 0. The first-order valence-electron chi connectivity index (χ1n) is 9.41. The topological polar surface area (TPSA) is 38.7 Å². The summed E-state index contributed by atoms with van der Waals surface area (Å²) in [6, 6.07) is 30.7. The van der Waals surface area contributed by atoms with Crippen molar-refractivity contribution in [3.8, 4) is 0 Å². The Morgan fingerprint density at radius 3 is 1.59 bits per heavy atom. The van der Waals surface area contributed by atoms with E-state index in [4.69, 9.17) is 9.47 Å². The highest BCUT2D eigenvalue weighted by atomic mass is 16.6. The number of hydrogen-bond acceptors (Lipinski definition) is 3. The van der Waals surface area contributed by atoms with Gasteiger partial charge in [0.1, 0.15) is 11.7 Å². The van der Waals surface area contributed by atoms with Gasteiger partial charge in [-0.2, -0.15) is 0 Å². The minimum absolute atomic E-state index is 0.305. The molecule has 0 radical (unpaired) electrons. The Hall–Kier alpha value is -2.46. The summed E-state index contributed by atoms with van der Waals surface area (Å²) < 4.78 is 12.4. The van der Waals surface area contributed by atoms with Crippen molar-refractivity contribution in [1.29, 1.82) is 0 Å². The Morgan fingerprint density at radius 2 is 1.22 bits per heavy atom. The summed E-state index contributed by atoms with van der Waals surface area (Å²) in [5, 5.41) is 10.2. The van der Waals surface area contributed by atoms with Crippen LogP contribution in [-0.4, -0.2) is 30.5 Å². The number of aliphatic hydroxyl groups excluding tert-OH is 1. The normalized spacial score (nSPS) is 19.9. The van der Waals surface area contributed by atoms with Crippen LogP contribution in [0, 0.1) is 0 Å².